The predicted octanol–water partition coefficient (Wildman–Crippen LogP) is 2.91. The molecule has 15 heavy (non-hydrogen) atoms. The van der Waals surface area contributed by atoms with Gasteiger partial charge < -0.3 is 4.74 Å². The molecule has 2 rings (SSSR count). The Kier molecular flexibility index (Phi) is 4.26. The van der Waals surface area contributed by atoms with E-state index in [0.29, 0.717) is 6.61 Å². The van der Waals surface area contributed by atoms with Crippen LogP contribution in [-0.2, 0) is 9.53 Å². The molecular formula is C11H18O2S2. The summed E-state index contributed by atoms with van der Waals surface area (Å²) < 4.78 is 5.13. The summed E-state index contributed by atoms with van der Waals surface area (Å²) in [5, 5.41) is 0.717. The summed E-state index contributed by atoms with van der Waals surface area (Å²) >= 11 is 3.64. The smallest absolute Gasteiger partial charge is 0.329 e. The second kappa shape index (κ2) is 5.48. The zero-order chi connectivity index (χ0) is 10.7. The van der Waals surface area contributed by atoms with E-state index in [1.165, 1.54) is 25.7 Å². The van der Waals surface area contributed by atoms with E-state index in [1.807, 2.05) is 18.7 Å². The summed E-state index contributed by atoms with van der Waals surface area (Å²) in [4.78, 5) is 11.6. The van der Waals surface area contributed by atoms with E-state index in [4.69, 9.17) is 4.74 Å². The molecule has 0 bridgehead atoms. The largest absolute Gasteiger partial charge is 0.465 e. The zero-order valence-electron chi connectivity index (χ0n) is 9.11. The van der Waals surface area contributed by atoms with Gasteiger partial charge >= 0.3 is 5.97 Å². The second-order valence-electron chi connectivity index (χ2n) is 4.14. The molecule has 0 radical (unpaired) electrons. The predicted molar refractivity (Wildman–Crippen MR) is 66.2 cm³/mol. The van der Waals surface area contributed by atoms with Crippen LogP contribution in [0.5, 0.6) is 0 Å². The molecule has 0 aromatic heterocycles. The standard InChI is InChI=1S/C11H18O2S2/c1-2-13-10(12)11-14-7-8-5-3-4-6-9(8)15-11/h8-9,11H,2-7H2,1H3/t8-,9+,11+/m1/s1. The summed E-state index contributed by atoms with van der Waals surface area (Å²) in [5.74, 6) is 1.98. The Balaban J connectivity index is 1.87. The number of ether oxygens (including phenoxy) is 1. The maximum Gasteiger partial charge on any atom is 0.329 e. The summed E-state index contributed by atoms with van der Waals surface area (Å²) in [6, 6.07) is 0. The number of hydrogen-bond acceptors (Lipinski definition) is 4. The molecule has 1 aliphatic heterocycles. The van der Waals surface area contributed by atoms with Crippen LogP contribution in [0.25, 0.3) is 0 Å². The van der Waals surface area contributed by atoms with Gasteiger partial charge in [0.2, 0.25) is 0 Å². The fraction of sp³-hybridized carbons (Fsp3) is 0.909. The Labute approximate surface area is 99.9 Å². The summed E-state index contributed by atoms with van der Waals surface area (Å²) in [6.07, 6.45) is 5.38. The molecule has 0 amide bonds. The van der Waals surface area contributed by atoms with E-state index in [-0.39, 0.29) is 10.6 Å². The fourth-order valence-electron chi connectivity index (χ4n) is 2.29. The first-order valence-electron chi connectivity index (χ1n) is 5.75. The minimum Gasteiger partial charge on any atom is -0.465 e. The normalized spacial score (nSPS) is 35.7. The van der Waals surface area contributed by atoms with E-state index in [9.17, 15) is 4.79 Å². The van der Waals surface area contributed by atoms with Gasteiger partial charge in [0.15, 0.2) is 0 Å². The van der Waals surface area contributed by atoms with E-state index >= 15 is 0 Å². The molecule has 0 N–H and O–H groups in total. The Morgan fingerprint density at radius 3 is 3.00 bits per heavy atom. The highest BCUT2D eigenvalue weighted by Crippen LogP contribution is 2.45. The van der Waals surface area contributed by atoms with Crippen molar-refractivity contribution < 1.29 is 9.53 Å². The highest BCUT2D eigenvalue weighted by Gasteiger charge is 2.36. The first kappa shape index (κ1) is 11.6. The number of rotatable bonds is 2. The van der Waals surface area contributed by atoms with Crippen molar-refractivity contribution in [1.82, 2.24) is 0 Å². The van der Waals surface area contributed by atoms with Gasteiger partial charge in [-0.3, -0.25) is 0 Å². The highest BCUT2D eigenvalue weighted by atomic mass is 32.2. The molecule has 2 nitrogen and oxygen atoms in total. The Morgan fingerprint density at radius 1 is 1.40 bits per heavy atom. The van der Waals surface area contributed by atoms with Crippen molar-refractivity contribution in [2.45, 2.75) is 42.4 Å². The highest BCUT2D eigenvalue weighted by molar-refractivity contribution is 8.18. The van der Waals surface area contributed by atoms with Crippen molar-refractivity contribution in [1.29, 1.82) is 0 Å². The van der Waals surface area contributed by atoms with E-state index in [0.717, 1.165) is 16.9 Å². The van der Waals surface area contributed by atoms with Crippen molar-refractivity contribution in [3.8, 4) is 0 Å². The molecule has 1 saturated heterocycles. The van der Waals surface area contributed by atoms with Crippen molar-refractivity contribution in [3.63, 3.8) is 0 Å². The molecule has 86 valence electrons. The number of carbonyl (C=O) groups excluding carboxylic acids is 1. The van der Waals surface area contributed by atoms with Gasteiger partial charge in [0.1, 0.15) is 4.58 Å². The summed E-state index contributed by atoms with van der Waals surface area (Å²) in [6.45, 7) is 2.38. The monoisotopic (exact) mass is 246 g/mol. The third kappa shape index (κ3) is 2.84. The maximum atomic E-state index is 11.6. The Hall–Kier alpha value is 0.170. The van der Waals surface area contributed by atoms with Crippen molar-refractivity contribution in [2.24, 2.45) is 5.92 Å². The average Bonchev–Trinajstić information content (AvgIpc) is 2.29. The molecule has 0 aromatic rings. The van der Waals surface area contributed by atoms with Gasteiger partial charge in [0.25, 0.3) is 0 Å². The van der Waals surface area contributed by atoms with E-state index in [1.54, 1.807) is 11.8 Å². The fourth-order valence-corrected chi connectivity index (χ4v) is 5.67. The van der Waals surface area contributed by atoms with Gasteiger partial charge in [0.05, 0.1) is 6.61 Å². The molecule has 1 saturated carbocycles. The average molecular weight is 246 g/mol. The van der Waals surface area contributed by atoms with Crippen LogP contribution in [0, 0.1) is 5.92 Å². The topological polar surface area (TPSA) is 26.3 Å². The lowest BCUT2D eigenvalue weighted by atomic mass is 9.90. The molecule has 0 unspecified atom stereocenters. The molecule has 0 spiro atoms. The molecular weight excluding hydrogens is 228 g/mol. The molecule has 1 aliphatic carbocycles. The molecule has 3 atom stereocenters. The van der Waals surface area contributed by atoms with Crippen LogP contribution < -0.4 is 0 Å². The molecule has 4 heteroatoms. The van der Waals surface area contributed by atoms with Crippen LogP contribution in [-0.4, -0.2) is 28.2 Å². The first-order valence-corrected chi connectivity index (χ1v) is 7.74. The van der Waals surface area contributed by atoms with Gasteiger partial charge in [0, 0.05) is 5.25 Å². The lowest BCUT2D eigenvalue weighted by Crippen LogP contribution is -2.33. The van der Waals surface area contributed by atoms with Gasteiger partial charge in [-0.25, -0.2) is 4.79 Å². The number of thioether (sulfide) groups is 2. The summed E-state index contributed by atoms with van der Waals surface area (Å²) in [5.41, 5.74) is 0. The molecule has 2 fully saturated rings. The minimum atomic E-state index is -0.0171. The molecule has 1 heterocycles. The first-order chi connectivity index (χ1) is 7.31. The van der Waals surface area contributed by atoms with Gasteiger partial charge in [-0.15, -0.1) is 23.5 Å². The number of hydrogen-bond donors (Lipinski definition) is 0. The van der Waals surface area contributed by atoms with Gasteiger partial charge in [-0.2, -0.15) is 0 Å². The van der Waals surface area contributed by atoms with Crippen molar-refractivity contribution in [2.75, 3.05) is 12.4 Å². The van der Waals surface area contributed by atoms with Crippen molar-refractivity contribution >= 4 is 29.5 Å². The van der Waals surface area contributed by atoms with Gasteiger partial charge in [-0.05, 0) is 31.4 Å². The number of fused-ring (bicyclic) bond motifs is 1. The molecule has 2 aliphatic rings. The van der Waals surface area contributed by atoms with Crippen LogP contribution in [0.2, 0.25) is 0 Å². The minimum absolute atomic E-state index is 0.0171. The number of carbonyl (C=O) groups is 1. The third-order valence-electron chi connectivity index (χ3n) is 3.08. The zero-order valence-corrected chi connectivity index (χ0v) is 10.7. The Bertz CT molecular complexity index is 233. The lowest BCUT2D eigenvalue weighted by Gasteiger charge is -2.37. The van der Waals surface area contributed by atoms with E-state index in [2.05, 4.69) is 0 Å². The van der Waals surface area contributed by atoms with Crippen LogP contribution in [0.3, 0.4) is 0 Å². The maximum absolute atomic E-state index is 11.6. The van der Waals surface area contributed by atoms with E-state index < -0.39 is 0 Å². The van der Waals surface area contributed by atoms with Gasteiger partial charge in [-0.1, -0.05) is 12.8 Å². The number of esters is 1. The quantitative estimate of drug-likeness (QED) is 0.700. The molecule has 0 aromatic carbocycles. The van der Waals surface area contributed by atoms with Crippen molar-refractivity contribution in [3.05, 3.63) is 0 Å². The Morgan fingerprint density at radius 2 is 2.20 bits per heavy atom. The third-order valence-corrected chi connectivity index (χ3v) is 6.35. The van der Waals surface area contributed by atoms with Crippen LogP contribution in [0.4, 0.5) is 0 Å². The lowest BCUT2D eigenvalue weighted by molar-refractivity contribution is -0.140. The van der Waals surface area contributed by atoms with Crippen LogP contribution >= 0.6 is 23.5 Å². The second-order valence-corrected chi connectivity index (χ2v) is 6.92. The van der Waals surface area contributed by atoms with Crippen LogP contribution in [0.1, 0.15) is 32.6 Å². The summed E-state index contributed by atoms with van der Waals surface area (Å²) in [7, 11) is 0. The SMILES string of the molecule is CCOC(=O)[C@H]1SC[C@H]2CCCC[C@@H]2S1. The van der Waals surface area contributed by atoms with Crippen LogP contribution in [0.15, 0.2) is 0 Å².